The molecule has 4 unspecified atom stereocenters. The molecule has 2 aromatic rings. The van der Waals surface area contributed by atoms with Gasteiger partial charge in [0.2, 0.25) is 0 Å². The average molecular weight is 395 g/mol. The molecule has 2 aliphatic rings. The van der Waals surface area contributed by atoms with E-state index in [4.69, 9.17) is 15.7 Å². The number of piperidine rings is 1. The van der Waals surface area contributed by atoms with E-state index < -0.39 is 5.82 Å². The van der Waals surface area contributed by atoms with Gasteiger partial charge in [0.15, 0.2) is 11.6 Å². The first kappa shape index (κ1) is 19.7. The number of nitrogens with zero attached hydrogens (tertiary/aromatic N) is 2. The third-order valence-corrected chi connectivity index (χ3v) is 6.14. The summed E-state index contributed by atoms with van der Waals surface area (Å²) in [6, 6.07) is 14.3. The van der Waals surface area contributed by atoms with E-state index >= 15 is 0 Å². The third kappa shape index (κ3) is 4.36. The van der Waals surface area contributed by atoms with Crippen molar-refractivity contribution < 1.29 is 14.2 Å². The fraction of sp³-hybridized carbons (Fsp3) is 0.435. The summed E-state index contributed by atoms with van der Waals surface area (Å²) >= 11 is 0. The van der Waals surface area contributed by atoms with Crippen molar-refractivity contribution in [2.45, 2.75) is 49.8 Å². The number of nitrogens with two attached hydrogens (primary N) is 1. The molecule has 29 heavy (non-hydrogen) atoms. The molecule has 4 rings (SSSR count). The first-order valence-corrected chi connectivity index (χ1v) is 10.2. The van der Waals surface area contributed by atoms with Gasteiger partial charge in [-0.3, -0.25) is 4.90 Å². The average Bonchev–Trinajstić information content (AvgIpc) is 3.14. The largest absolute Gasteiger partial charge is 0.505 e. The molecular weight excluding hydrogens is 369 g/mol. The van der Waals surface area contributed by atoms with Gasteiger partial charge in [0, 0.05) is 18.6 Å². The Morgan fingerprint density at radius 1 is 1.17 bits per heavy atom. The molecule has 0 radical (unpaired) electrons. The van der Waals surface area contributed by atoms with Crippen LogP contribution in [-0.4, -0.2) is 41.3 Å². The van der Waals surface area contributed by atoms with Gasteiger partial charge in [-0.2, -0.15) is 5.26 Å². The number of hydrogen-bond donors (Lipinski definition) is 2. The molecule has 0 amide bonds. The second-order valence-electron chi connectivity index (χ2n) is 8.14. The maximum absolute atomic E-state index is 13.5. The van der Waals surface area contributed by atoms with Crippen molar-refractivity contribution in [1.82, 2.24) is 4.90 Å². The number of benzene rings is 2. The van der Waals surface area contributed by atoms with Crippen molar-refractivity contribution >= 4 is 0 Å². The van der Waals surface area contributed by atoms with E-state index in [9.17, 15) is 9.50 Å². The first-order valence-electron chi connectivity index (χ1n) is 10.2. The van der Waals surface area contributed by atoms with E-state index in [0.717, 1.165) is 50.1 Å². The lowest BCUT2D eigenvalue weighted by Gasteiger charge is -2.38. The van der Waals surface area contributed by atoms with Crippen LogP contribution < -0.4 is 10.5 Å². The zero-order chi connectivity index (χ0) is 20.4. The zero-order valence-electron chi connectivity index (χ0n) is 16.3. The van der Waals surface area contributed by atoms with Gasteiger partial charge in [-0.25, -0.2) is 4.39 Å². The first-order chi connectivity index (χ1) is 14.0. The molecular formula is C23H26FN3O2. The Morgan fingerprint density at radius 3 is 2.66 bits per heavy atom. The van der Waals surface area contributed by atoms with Gasteiger partial charge in [0.05, 0.1) is 11.6 Å². The van der Waals surface area contributed by atoms with Gasteiger partial charge >= 0.3 is 0 Å². The number of phenols is 1. The highest BCUT2D eigenvalue weighted by Gasteiger charge is 2.41. The lowest BCUT2D eigenvalue weighted by atomic mass is 9.96. The highest BCUT2D eigenvalue weighted by Crippen LogP contribution is 2.41. The van der Waals surface area contributed by atoms with Crippen molar-refractivity contribution in [3.8, 4) is 17.6 Å². The summed E-state index contributed by atoms with van der Waals surface area (Å²) in [5, 5.41) is 18.8. The van der Waals surface area contributed by atoms with Crippen molar-refractivity contribution in [2.75, 3.05) is 13.1 Å². The summed E-state index contributed by atoms with van der Waals surface area (Å²) in [6.45, 7) is 1.84. The van der Waals surface area contributed by atoms with E-state index in [1.54, 1.807) is 18.2 Å². The maximum atomic E-state index is 13.5. The quantitative estimate of drug-likeness (QED) is 0.828. The van der Waals surface area contributed by atoms with Crippen molar-refractivity contribution in [2.24, 2.45) is 5.73 Å². The number of likely N-dealkylation sites (tertiary alicyclic amines) is 1. The van der Waals surface area contributed by atoms with Gasteiger partial charge in [-0.05, 0) is 80.1 Å². The summed E-state index contributed by atoms with van der Waals surface area (Å²) in [5.74, 6) is 0.00197. The number of aromatic hydroxyl groups is 1. The summed E-state index contributed by atoms with van der Waals surface area (Å²) < 4.78 is 19.9. The van der Waals surface area contributed by atoms with Crippen LogP contribution in [0.25, 0.3) is 0 Å². The lowest BCUT2D eigenvalue weighted by Crippen LogP contribution is -2.51. The van der Waals surface area contributed by atoms with Gasteiger partial charge in [-0.15, -0.1) is 0 Å². The van der Waals surface area contributed by atoms with E-state index in [1.807, 2.05) is 12.1 Å². The summed E-state index contributed by atoms with van der Waals surface area (Å²) in [4.78, 5) is 2.42. The molecule has 2 fully saturated rings. The number of halogens is 1. The van der Waals surface area contributed by atoms with Gasteiger partial charge < -0.3 is 15.6 Å². The van der Waals surface area contributed by atoms with E-state index in [-0.39, 0.29) is 29.9 Å². The Bertz CT molecular complexity index is 896. The molecule has 6 heteroatoms. The number of rotatable bonds is 4. The molecule has 1 aliphatic heterocycles. The number of nitriles is 1. The standard InChI is InChI=1S/C23H26FN3O2/c24-20-8-5-16(11-22(20)28)17-10-21(27-9-1-2-18(26)14-27)23(12-17)29-19-6-3-15(13-25)4-7-19/h3-8,11,17-18,21,23,28H,1-2,9-10,12,14,26H2. The Labute approximate surface area is 170 Å². The number of ether oxygens (including phenoxy) is 1. The summed E-state index contributed by atoms with van der Waals surface area (Å²) in [5.41, 5.74) is 7.75. The Balaban J connectivity index is 1.56. The molecule has 0 spiro atoms. The molecule has 1 saturated heterocycles. The topological polar surface area (TPSA) is 82.5 Å². The van der Waals surface area contributed by atoms with Crippen molar-refractivity contribution in [1.29, 1.82) is 5.26 Å². The third-order valence-electron chi connectivity index (χ3n) is 6.14. The minimum Gasteiger partial charge on any atom is -0.505 e. The van der Waals surface area contributed by atoms with Crippen molar-refractivity contribution in [3.63, 3.8) is 0 Å². The SMILES string of the molecule is N#Cc1ccc(OC2CC(c3ccc(F)c(O)c3)CC2N2CCCC(N)C2)cc1. The van der Waals surface area contributed by atoms with Crippen LogP contribution in [0, 0.1) is 17.1 Å². The normalized spacial score (nSPS) is 27.5. The monoisotopic (exact) mass is 395 g/mol. The maximum Gasteiger partial charge on any atom is 0.164 e. The van der Waals surface area contributed by atoms with Crippen LogP contribution in [0.1, 0.15) is 42.7 Å². The Hall–Kier alpha value is -2.62. The number of phenolic OH excluding ortho intramolecular Hbond substituents is 1. The molecule has 1 saturated carbocycles. The molecule has 5 nitrogen and oxygen atoms in total. The minimum atomic E-state index is -0.601. The second-order valence-corrected chi connectivity index (χ2v) is 8.14. The van der Waals surface area contributed by atoms with Crippen LogP contribution in [0.4, 0.5) is 4.39 Å². The predicted octanol–water partition coefficient (Wildman–Crippen LogP) is 3.52. The highest BCUT2D eigenvalue weighted by atomic mass is 19.1. The minimum absolute atomic E-state index is 0.0366. The molecule has 1 aliphatic carbocycles. The van der Waals surface area contributed by atoms with Crippen LogP contribution in [0.2, 0.25) is 0 Å². The van der Waals surface area contributed by atoms with Crippen LogP contribution in [0.5, 0.6) is 11.5 Å². The Morgan fingerprint density at radius 2 is 1.97 bits per heavy atom. The highest BCUT2D eigenvalue weighted by molar-refractivity contribution is 5.35. The van der Waals surface area contributed by atoms with Crippen LogP contribution in [-0.2, 0) is 0 Å². The molecule has 1 heterocycles. The fourth-order valence-electron chi connectivity index (χ4n) is 4.67. The molecule has 3 N–H and O–H groups in total. The molecule has 2 aromatic carbocycles. The molecule has 0 aromatic heterocycles. The van der Waals surface area contributed by atoms with E-state index in [0.29, 0.717) is 5.56 Å². The summed E-state index contributed by atoms with van der Waals surface area (Å²) in [6.07, 6.45) is 3.73. The van der Waals surface area contributed by atoms with E-state index in [1.165, 1.54) is 12.1 Å². The molecule has 152 valence electrons. The van der Waals surface area contributed by atoms with Gasteiger partial charge in [0.25, 0.3) is 0 Å². The van der Waals surface area contributed by atoms with E-state index in [2.05, 4.69) is 11.0 Å². The second kappa shape index (κ2) is 8.40. The number of hydrogen-bond acceptors (Lipinski definition) is 5. The van der Waals surface area contributed by atoms with Crippen molar-refractivity contribution in [3.05, 3.63) is 59.4 Å². The Kier molecular flexibility index (Phi) is 5.70. The summed E-state index contributed by atoms with van der Waals surface area (Å²) in [7, 11) is 0. The molecule has 0 bridgehead atoms. The predicted molar refractivity (Wildman–Crippen MR) is 108 cm³/mol. The lowest BCUT2D eigenvalue weighted by molar-refractivity contribution is 0.0682. The smallest absolute Gasteiger partial charge is 0.164 e. The van der Waals surface area contributed by atoms with Gasteiger partial charge in [0.1, 0.15) is 11.9 Å². The van der Waals surface area contributed by atoms with Crippen LogP contribution >= 0.6 is 0 Å². The zero-order valence-corrected chi connectivity index (χ0v) is 16.3. The van der Waals surface area contributed by atoms with Crippen LogP contribution in [0.15, 0.2) is 42.5 Å². The fourth-order valence-corrected chi connectivity index (χ4v) is 4.67. The molecule has 4 atom stereocenters. The van der Waals surface area contributed by atoms with Crippen LogP contribution in [0.3, 0.4) is 0 Å². The van der Waals surface area contributed by atoms with Gasteiger partial charge in [-0.1, -0.05) is 6.07 Å².